The molecule has 0 fully saturated rings. The molecule has 0 bridgehead atoms. The van der Waals surface area contributed by atoms with Gasteiger partial charge in [-0.3, -0.25) is 0 Å². The van der Waals surface area contributed by atoms with Gasteiger partial charge in [-0.15, -0.1) is 11.8 Å². The maximum Gasteiger partial charge on any atom is 0.128 e. The van der Waals surface area contributed by atoms with E-state index in [0.29, 0.717) is 5.15 Å². The van der Waals surface area contributed by atoms with Crippen molar-refractivity contribution in [3.8, 4) is 0 Å². The van der Waals surface area contributed by atoms with Crippen LogP contribution < -0.4 is 5.73 Å². The summed E-state index contributed by atoms with van der Waals surface area (Å²) < 4.78 is 2.88. The highest BCUT2D eigenvalue weighted by Crippen LogP contribution is 2.31. The molecule has 1 aromatic heterocycles. The number of nitrogens with zero attached hydrogens (tertiary/aromatic N) is 2. The molecular formula is C11H11BrClN3S. The van der Waals surface area contributed by atoms with E-state index >= 15 is 0 Å². The average Bonchev–Trinajstić information content (AvgIpc) is 2.59. The van der Waals surface area contributed by atoms with Crippen LogP contribution in [-0.2, 0) is 12.8 Å². The Morgan fingerprint density at radius 1 is 1.53 bits per heavy atom. The van der Waals surface area contributed by atoms with Gasteiger partial charge in [0.1, 0.15) is 11.0 Å². The molecule has 0 radical (unpaired) electrons. The molecule has 0 saturated heterocycles. The predicted molar refractivity (Wildman–Crippen MR) is 76.3 cm³/mol. The first kappa shape index (κ1) is 12.8. The number of hydrogen-bond acceptors (Lipinski definition) is 3. The topological polar surface area (TPSA) is 43.8 Å². The highest BCUT2D eigenvalue weighted by molar-refractivity contribution is 9.10. The van der Waals surface area contributed by atoms with Crippen LogP contribution >= 0.6 is 39.3 Å². The van der Waals surface area contributed by atoms with Crippen molar-refractivity contribution < 1.29 is 0 Å². The Hall–Kier alpha value is -0.650. The molecule has 90 valence electrons. The second kappa shape index (κ2) is 5.33. The summed E-state index contributed by atoms with van der Waals surface area (Å²) in [7, 11) is 1.91. The number of anilines is 1. The number of thioether (sulfide) groups is 1. The smallest absolute Gasteiger partial charge is 0.128 e. The zero-order valence-electron chi connectivity index (χ0n) is 9.15. The second-order valence-electron chi connectivity index (χ2n) is 3.53. The molecule has 0 unspecified atom stereocenters. The molecule has 3 nitrogen and oxygen atoms in total. The molecule has 6 heteroatoms. The third kappa shape index (κ3) is 2.97. The largest absolute Gasteiger partial charge is 0.399 e. The van der Waals surface area contributed by atoms with Crippen LogP contribution in [0.4, 0.5) is 5.69 Å². The fraction of sp³-hybridized carbons (Fsp3) is 0.182. The molecule has 0 aliphatic carbocycles. The van der Waals surface area contributed by atoms with E-state index in [9.17, 15) is 0 Å². The Morgan fingerprint density at radius 2 is 2.29 bits per heavy atom. The first-order valence-corrected chi connectivity index (χ1v) is 7.07. The van der Waals surface area contributed by atoms with Gasteiger partial charge in [0.05, 0.1) is 11.9 Å². The molecule has 0 aliphatic rings. The van der Waals surface area contributed by atoms with Gasteiger partial charge in [0, 0.05) is 22.1 Å². The van der Waals surface area contributed by atoms with Crippen LogP contribution in [0.3, 0.4) is 0 Å². The van der Waals surface area contributed by atoms with Crippen LogP contribution in [0.25, 0.3) is 0 Å². The summed E-state index contributed by atoms with van der Waals surface area (Å²) in [5.74, 6) is 1.72. The molecule has 0 spiro atoms. The van der Waals surface area contributed by atoms with Crippen molar-refractivity contribution in [3.63, 3.8) is 0 Å². The summed E-state index contributed by atoms with van der Waals surface area (Å²) in [6.45, 7) is 0. The Balaban J connectivity index is 2.10. The van der Waals surface area contributed by atoms with Crippen LogP contribution in [0.5, 0.6) is 0 Å². The first-order valence-electron chi connectivity index (χ1n) is 4.92. The standard InChI is InChI=1S/C11H11BrClN3S/c1-16-10(13)5-15-11(16)6-17-9-3-2-7(14)4-8(9)12/h2-5H,6,14H2,1H3. The number of rotatable bonds is 3. The third-order valence-corrected chi connectivity index (χ3v) is 4.68. The van der Waals surface area contributed by atoms with Gasteiger partial charge in [-0.1, -0.05) is 11.6 Å². The molecule has 1 heterocycles. The van der Waals surface area contributed by atoms with E-state index < -0.39 is 0 Å². The van der Waals surface area contributed by atoms with Crippen molar-refractivity contribution in [2.45, 2.75) is 10.6 Å². The van der Waals surface area contributed by atoms with Gasteiger partial charge in [-0.25, -0.2) is 4.98 Å². The molecule has 0 aliphatic heterocycles. The lowest BCUT2D eigenvalue weighted by molar-refractivity contribution is 0.850. The average molecular weight is 333 g/mol. The fourth-order valence-corrected chi connectivity index (χ4v) is 3.13. The number of hydrogen-bond donors (Lipinski definition) is 1. The molecule has 2 aromatic rings. The Kier molecular flexibility index (Phi) is 4.01. The lowest BCUT2D eigenvalue weighted by atomic mass is 10.3. The lowest BCUT2D eigenvalue weighted by Crippen LogP contribution is -1.96. The van der Waals surface area contributed by atoms with Gasteiger partial charge < -0.3 is 10.3 Å². The van der Waals surface area contributed by atoms with Gasteiger partial charge in [-0.2, -0.15) is 0 Å². The molecule has 17 heavy (non-hydrogen) atoms. The van der Waals surface area contributed by atoms with Crippen LogP contribution in [-0.4, -0.2) is 9.55 Å². The number of halogens is 2. The summed E-state index contributed by atoms with van der Waals surface area (Å²) in [5.41, 5.74) is 6.44. The maximum atomic E-state index is 5.93. The van der Waals surface area contributed by atoms with Gasteiger partial charge >= 0.3 is 0 Å². The van der Waals surface area contributed by atoms with E-state index in [1.807, 2.05) is 29.8 Å². The second-order valence-corrected chi connectivity index (χ2v) is 5.79. The van der Waals surface area contributed by atoms with Crippen molar-refractivity contribution >= 4 is 45.0 Å². The van der Waals surface area contributed by atoms with Gasteiger partial charge in [0.15, 0.2) is 0 Å². The maximum absolute atomic E-state index is 5.93. The number of imidazole rings is 1. The zero-order valence-corrected chi connectivity index (χ0v) is 12.3. The van der Waals surface area contributed by atoms with E-state index in [1.165, 1.54) is 0 Å². The molecular weight excluding hydrogens is 322 g/mol. The van der Waals surface area contributed by atoms with E-state index in [4.69, 9.17) is 17.3 Å². The monoisotopic (exact) mass is 331 g/mol. The summed E-state index contributed by atoms with van der Waals surface area (Å²) in [4.78, 5) is 5.39. The van der Waals surface area contributed by atoms with E-state index in [-0.39, 0.29) is 0 Å². The SMILES string of the molecule is Cn1c(Cl)cnc1CSc1ccc(N)cc1Br. The van der Waals surface area contributed by atoms with Crippen LogP contribution in [0.2, 0.25) is 5.15 Å². The van der Waals surface area contributed by atoms with E-state index in [1.54, 1.807) is 18.0 Å². The molecule has 0 atom stereocenters. The van der Waals surface area contributed by atoms with Crippen molar-refractivity contribution in [1.82, 2.24) is 9.55 Å². The van der Waals surface area contributed by atoms with Crippen LogP contribution in [0, 0.1) is 0 Å². The van der Waals surface area contributed by atoms with Crippen LogP contribution in [0.15, 0.2) is 33.8 Å². The minimum atomic E-state index is 0.650. The van der Waals surface area contributed by atoms with Gasteiger partial charge in [0.25, 0.3) is 0 Å². The fourth-order valence-electron chi connectivity index (χ4n) is 1.33. The van der Waals surface area contributed by atoms with Gasteiger partial charge in [-0.05, 0) is 34.1 Å². The summed E-state index contributed by atoms with van der Waals surface area (Å²) in [6, 6.07) is 5.78. The summed E-state index contributed by atoms with van der Waals surface area (Å²) in [5, 5.41) is 0.650. The number of nitrogens with two attached hydrogens (primary N) is 1. The molecule has 1 aromatic carbocycles. The van der Waals surface area contributed by atoms with Crippen molar-refractivity contribution in [1.29, 1.82) is 0 Å². The summed E-state index contributed by atoms with van der Waals surface area (Å²) in [6.07, 6.45) is 1.66. The number of nitrogen functional groups attached to an aromatic ring is 1. The van der Waals surface area contributed by atoms with E-state index in [2.05, 4.69) is 20.9 Å². The minimum absolute atomic E-state index is 0.650. The quantitative estimate of drug-likeness (QED) is 0.688. The predicted octanol–water partition coefficient (Wildman–Crippen LogP) is 3.71. The van der Waals surface area contributed by atoms with Crippen molar-refractivity contribution in [3.05, 3.63) is 39.8 Å². The molecule has 2 N–H and O–H groups in total. The Labute approximate surface area is 117 Å². The first-order chi connectivity index (χ1) is 8.08. The lowest BCUT2D eigenvalue weighted by Gasteiger charge is -2.05. The Morgan fingerprint density at radius 3 is 2.88 bits per heavy atom. The third-order valence-electron chi connectivity index (χ3n) is 2.34. The highest BCUT2D eigenvalue weighted by Gasteiger charge is 2.07. The van der Waals surface area contributed by atoms with Crippen molar-refractivity contribution in [2.75, 3.05) is 5.73 Å². The van der Waals surface area contributed by atoms with Crippen molar-refractivity contribution in [2.24, 2.45) is 7.05 Å². The molecule has 2 rings (SSSR count). The normalized spacial score (nSPS) is 10.8. The van der Waals surface area contributed by atoms with Crippen LogP contribution in [0.1, 0.15) is 5.82 Å². The zero-order chi connectivity index (χ0) is 12.4. The number of aromatic nitrogens is 2. The van der Waals surface area contributed by atoms with Gasteiger partial charge in [0.2, 0.25) is 0 Å². The van der Waals surface area contributed by atoms with E-state index in [0.717, 1.165) is 26.6 Å². The minimum Gasteiger partial charge on any atom is -0.399 e. The molecule has 0 saturated carbocycles. The Bertz CT molecular complexity index is 542. The molecule has 0 amide bonds. The number of benzene rings is 1. The highest BCUT2D eigenvalue weighted by atomic mass is 79.9. The summed E-state index contributed by atoms with van der Waals surface area (Å²) >= 11 is 11.1.